The molecule has 1 saturated heterocycles. The maximum Gasteiger partial charge on any atom is 0.320 e. The zero-order valence-corrected chi connectivity index (χ0v) is 9.72. The lowest BCUT2D eigenvalue weighted by Gasteiger charge is -2.42. The van der Waals surface area contributed by atoms with Gasteiger partial charge in [0.15, 0.2) is 0 Å². The summed E-state index contributed by atoms with van der Waals surface area (Å²) in [5.74, 6) is -1.09. The monoisotopic (exact) mass is 226 g/mol. The average Bonchev–Trinajstić information content (AvgIpc) is 2.15. The van der Waals surface area contributed by atoms with Crippen LogP contribution in [0.3, 0.4) is 0 Å². The van der Waals surface area contributed by atoms with Crippen molar-refractivity contribution in [2.75, 3.05) is 26.7 Å². The highest BCUT2D eigenvalue weighted by Gasteiger charge is 2.37. The minimum Gasteiger partial charge on any atom is -0.481 e. The van der Waals surface area contributed by atoms with E-state index in [0.29, 0.717) is 19.6 Å². The fraction of sp³-hybridized carbons (Fsp3) is 0.636. The van der Waals surface area contributed by atoms with E-state index in [1.165, 1.54) is 0 Å². The van der Waals surface area contributed by atoms with Crippen molar-refractivity contribution in [2.45, 2.75) is 6.92 Å². The summed E-state index contributed by atoms with van der Waals surface area (Å²) in [6.45, 7) is 6.82. The van der Waals surface area contributed by atoms with Gasteiger partial charge in [-0.2, -0.15) is 0 Å². The number of hydrogen-bond acceptors (Lipinski definition) is 2. The molecule has 1 atom stereocenters. The lowest BCUT2D eigenvalue weighted by atomic mass is 9.87. The Balaban J connectivity index is 2.38. The third-order valence-corrected chi connectivity index (χ3v) is 3.01. The molecule has 1 N–H and O–H groups in total. The predicted molar refractivity (Wildman–Crippen MR) is 60.1 cm³/mol. The minimum atomic E-state index is -0.795. The van der Waals surface area contributed by atoms with Crippen LogP contribution in [0, 0.1) is 11.8 Å². The minimum absolute atomic E-state index is 0.0614. The summed E-state index contributed by atoms with van der Waals surface area (Å²) in [6.07, 6.45) is 1.66. The van der Waals surface area contributed by atoms with Crippen molar-refractivity contribution >= 4 is 12.0 Å². The molecule has 0 spiro atoms. The van der Waals surface area contributed by atoms with Gasteiger partial charge in [0.25, 0.3) is 0 Å². The molecule has 0 radical (unpaired) electrons. The quantitative estimate of drug-likeness (QED) is 0.724. The van der Waals surface area contributed by atoms with Crippen LogP contribution in [0.4, 0.5) is 4.79 Å². The molecule has 5 nitrogen and oxygen atoms in total. The van der Waals surface area contributed by atoms with E-state index in [2.05, 4.69) is 6.58 Å². The molecule has 1 unspecified atom stereocenters. The SMILES string of the molecule is C=CCN(C)C(=O)N1CC(C(C)C(=O)O)C1. The Morgan fingerprint density at radius 2 is 2.19 bits per heavy atom. The number of nitrogens with zero attached hydrogens (tertiary/aromatic N) is 2. The van der Waals surface area contributed by atoms with Crippen LogP contribution in [-0.4, -0.2) is 53.6 Å². The van der Waals surface area contributed by atoms with Crippen molar-refractivity contribution in [2.24, 2.45) is 11.8 Å². The number of likely N-dealkylation sites (tertiary alicyclic amines) is 1. The summed E-state index contributed by atoms with van der Waals surface area (Å²) in [4.78, 5) is 25.7. The average molecular weight is 226 g/mol. The summed E-state index contributed by atoms with van der Waals surface area (Å²) in [7, 11) is 1.71. The van der Waals surface area contributed by atoms with Crippen molar-refractivity contribution in [3.05, 3.63) is 12.7 Å². The van der Waals surface area contributed by atoms with Gasteiger partial charge >= 0.3 is 12.0 Å². The van der Waals surface area contributed by atoms with E-state index in [9.17, 15) is 9.59 Å². The number of rotatable bonds is 4. The van der Waals surface area contributed by atoms with Crippen LogP contribution in [0.15, 0.2) is 12.7 Å². The first-order chi connectivity index (χ1) is 7.47. The highest BCUT2D eigenvalue weighted by molar-refractivity contribution is 5.76. The van der Waals surface area contributed by atoms with E-state index >= 15 is 0 Å². The summed E-state index contributed by atoms with van der Waals surface area (Å²) >= 11 is 0. The van der Waals surface area contributed by atoms with E-state index in [1.807, 2.05) is 0 Å². The van der Waals surface area contributed by atoms with Crippen molar-refractivity contribution in [3.8, 4) is 0 Å². The molecule has 0 aromatic carbocycles. The van der Waals surface area contributed by atoms with Gasteiger partial charge in [0.1, 0.15) is 0 Å². The normalized spacial score (nSPS) is 17.5. The number of carboxylic acids is 1. The number of aliphatic carboxylic acids is 1. The molecule has 2 amide bonds. The first-order valence-corrected chi connectivity index (χ1v) is 5.31. The van der Waals surface area contributed by atoms with Gasteiger partial charge in [0.05, 0.1) is 5.92 Å². The number of amides is 2. The summed E-state index contributed by atoms with van der Waals surface area (Å²) in [6, 6.07) is -0.0614. The molecule has 0 aromatic rings. The van der Waals surface area contributed by atoms with Crippen molar-refractivity contribution in [1.82, 2.24) is 9.80 Å². The number of urea groups is 1. The van der Waals surface area contributed by atoms with Gasteiger partial charge in [-0.15, -0.1) is 6.58 Å². The Bertz CT molecular complexity index is 298. The van der Waals surface area contributed by atoms with Gasteiger partial charge in [0, 0.05) is 32.6 Å². The molecule has 0 aromatic heterocycles. The van der Waals surface area contributed by atoms with Crippen LogP contribution in [0.5, 0.6) is 0 Å². The number of carboxylic acid groups (broad SMARTS) is 1. The van der Waals surface area contributed by atoms with E-state index in [4.69, 9.17) is 5.11 Å². The second-order valence-corrected chi connectivity index (χ2v) is 4.24. The molecule has 5 heteroatoms. The molecule has 16 heavy (non-hydrogen) atoms. The third-order valence-electron chi connectivity index (χ3n) is 3.01. The number of likely N-dealkylation sites (N-methyl/N-ethyl adjacent to an activating group) is 1. The molecular weight excluding hydrogens is 208 g/mol. The third kappa shape index (κ3) is 2.53. The maximum absolute atomic E-state index is 11.7. The van der Waals surface area contributed by atoms with Gasteiger partial charge in [-0.05, 0) is 0 Å². The molecule has 0 aliphatic carbocycles. The lowest BCUT2D eigenvalue weighted by molar-refractivity contribution is -0.144. The van der Waals surface area contributed by atoms with Crippen LogP contribution < -0.4 is 0 Å². The Kier molecular flexibility index (Phi) is 3.93. The van der Waals surface area contributed by atoms with Crippen LogP contribution in [0.25, 0.3) is 0 Å². The largest absolute Gasteiger partial charge is 0.481 e. The number of hydrogen-bond donors (Lipinski definition) is 1. The van der Waals surface area contributed by atoms with Crippen LogP contribution >= 0.6 is 0 Å². The molecule has 1 fully saturated rings. The molecule has 0 saturated carbocycles. The molecule has 90 valence electrons. The van der Waals surface area contributed by atoms with Gasteiger partial charge in [-0.1, -0.05) is 13.0 Å². The highest BCUT2D eigenvalue weighted by atomic mass is 16.4. The Hall–Kier alpha value is -1.52. The van der Waals surface area contributed by atoms with Crippen molar-refractivity contribution in [1.29, 1.82) is 0 Å². The van der Waals surface area contributed by atoms with Crippen LogP contribution in [-0.2, 0) is 4.79 Å². The molecule has 0 bridgehead atoms. The second kappa shape index (κ2) is 5.01. The first kappa shape index (κ1) is 12.5. The Morgan fingerprint density at radius 3 is 2.62 bits per heavy atom. The number of carbonyl (C=O) groups is 2. The number of carbonyl (C=O) groups excluding carboxylic acids is 1. The standard InChI is InChI=1S/C11H18N2O3/c1-4-5-12(3)11(16)13-6-9(7-13)8(2)10(14)15/h4,8-9H,1,5-7H2,2-3H3,(H,14,15). The fourth-order valence-corrected chi connectivity index (χ4v) is 1.70. The van der Waals surface area contributed by atoms with E-state index in [1.54, 1.807) is 29.8 Å². The van der Waals surface area contributed by atoms with Gasteiger partial charge in [-0.3, -0.25) is 4.79 Å². The Labute approximate surface area is 95.3 Å². The lowest BCUT2D eigenvalue weighted by Crippen LogP contribution is -2.56. The summed E-state index contributed by atoms with van der Waals surface area (Å²) in [5, 5.41) is 8.81. The fourth-order valence-electron chi connectivity index (χ4n) is 1.70. The zero-order valence-electron chi connectivity index (χ0n) is 9.72. The molecule has 1 rings (SSSR count). The predicted octanol–water partition coefficient (Wildman–Crippen LogP) is 0.877. The van der Waals surface area contributed by atoms with E-state index in [-0.39, 0.29) is 17.9 Å². The molecular formula is C11H18N2O3. The Morgan fingerprint density at radius 1 is 1.62 bits per heavy atom. The second-order valence-electron chi connectivity index (χ2n) is 4.24. The van der Waals surface area contributed by atoms with Gasteiger partial charge < -0.3 is 14.9 Å². The van der Waals surface area contributed by atoms with Gasteiger partial charge in [0.2, 0.25) is 0 Å². The van der Waals surface area contributed by atoms with Crippen molar-refractivity contribution in [3.63, 3.8) is 0 Å². The van der Waals surface area contributed by atoms with Crippen molar-refractivity contribution < 1.29 is 14.7 Å². The van der Waals surface area contributed by atoms with Crippen LogP contribution in [0.1, 0.15) is 6.92 Å². The van der Waals surface area contributed by atoms with E-state index in [0.717, 1.165) is 0 Å². The summed E-state index contributed by atoms with van der Waals surface area (Å²) < 4.78 is 0. The highest BCUT2D eigenvalue weighted by Crippen LogP contribution is 2.24. The smallest absolute Gasteiger partial charge is 0.320 e. The molecule has 1 heterocycles. The van der Waals surface area contributed by atoms with E-state index < -0.39 is 5.97 Å². The first-order valence-electron chi connectivity index (χ1n) is 5.31. The maximum atomic E-state index is 11.7. The zero-order chi connectivity index (χ0) is 12.3. The van der Waals surface area contributed by atoms with Gasteiger partial charge in [-0.25, -0.2) is 4.79 Å². The molecule has 1 aliphatic heterocycles. The topological polar surface area (TPSA) is 60.9 Å². The molecule has 1 aliphatic rings. The van der Waals surface area contributed by atoms with Crippen LogP contribution in [0.2, 0.25) is 0 Å². The summed E-state index contributed by atoms with van der Waals surface area (Å²) in [5.41, 5.74) is 0.